The summed E-state index contributed by atoms with van der Waals surface area (Å²) in [7, 11) is 0. The molecule has 1 aliphatic heterocycles. The molecule has 11 heteroatoms. The van der Waals surface area contributed by atoms with Gasteiger partial charge in [0.2, 0.25) is 0 Å². The van der Waals surface area contributed by atoms with E-state index in [1.165, 1.54) is 17.3 Å². The Hall–Kier alpha value is -2.72. The summed E-state index contributed by atoms with van der Waals surface area (Å²) in [5, 5.41) is 12.0. The van der Waals surface area contributed by atoms with Crippen LogP contribution in [0.2, 0.25) is 0 Å². The average Bonchev–Trinajstić information content (AvgIpc) is 3.08. The number of nitrogens with zero attached hydrogens (tertiary/aromatic N) is 7. The van der Waals surface area contributed by atoms with E-state index in [1.54, 1.807) is 17.0 Å². The number of carbonyl (C=O) groups is 1. The average molecular weight is 327 g/mol. The molecule has 3 heterocycles. The standard InChI is InChI=1S/C12H12F3N7O/c13-12(14,15)11(23)21-5-3-20(4-6-21)9-1-2-10(19-18-9)22-8-16-7-17-22/h1-2,7-8H,3-6H2. The first-order chi connectivity index (χ1) is 10.9. The maximum Gasteiger partial charge on any atom is 0.471 e. The van der Waals surface area contributed by atoms with Crippen LogP contribution < -0.4 is 4.90 Å². The smallest absolute Gasteiger partial charge is 0.352 e. The molecule has 0 spiro atoms. The highest BCUT2D eigenvalue weighted by molar-refractivity contribution is 5.82. The fraction of sp³-hybridized carbons (Fsp3) is 0.417. The quantitative estimate of drug-likeness (QED) is 0.788. The Kier molecular flexibility index (Phi) is 3.84. The van der Waals surface area contributed by atoms with E-state index in [9.17, 15) is 18.0 Å². The third-order valence-electron chi connectivity index (χ3n) is 3.42. The van der Waals surface area contributed by atoms with Gasteiger partial charge >= 0.3 is 12.1 Å². The molecule has 0 atom stereocenters. The number of amides is 1. The highest BCUT2D eigenvalue weighted by atomic mass is 19.4. The first-order valence-electron chi connectivity index (χ1n) is 6.75. The van der Waals surface area contributed by atoms with Crippen LogP contribution in [0.25, 0.3) is 5.82 Å². The number of rotatable bonds is 2. The molecule has 2 aromatic heterocycles. The maximum atomic E-state index is 12.4. The van der Waals surface area contributed by atoms with Crippen molar-refractivity contribution < 1.29 is 18.0 Å². The predicted molar refractivity (Wildman–Crippen MR) is 71.8 cm³/mol. The maximum absolute atomic E-state index is 12.4. The molecule has 0 radical (unpaired) electrons. The third-order valence-corrected chi connectivity index (χ3v) is 3.42. The number of piperazine rings is 1. The van der Waals surface area contributed by atoms with Crippen molar-refractivity contribution in [3.63, 3.8) is 0 Å². The third kappa shape index (κ3) is 3.22. The number of hydrogen-bond donors (Lipinski definition) is 0. The number of hydrogen-bond acceptors (Lipinski definition) is 6. The summed E-state index contributed by atoms with van der Waals surface area (Å²) in [5.74, 6) is -0.783. The lowest BCUT2D eigenvalue weighted by molar-refractivity contribution is -0.185. The second kappa shape index (κ2) is 5.82. The molecule has 0 aliphatic carbocycles. The minimum atomic E-state index is -4.83. The van der Waals surface area contributed by atoms with Crippen LogP contribution in [0.1, 0.15) is 0 Å². The Labute approximate surface area is 128 Å². The molecule has 1 aliphatic rings. The molecule has 1 saturated heterocycles. The molecular formula is C12H12F3N7O. The largest absolute Gasteiger partial charge is 0.471 e. The summed E-state index contributed by atoms with van der Waals surface area (Å²) in [6, 6.07) is 3.38. The Morgan fingerprint density at radius 2 is 1.70 bits per heavy atom. The van der Waals surface area contributed by atoms with Gasteiger partial charge in [-0.2, -0.15) is 18.3 Å². The minimum absolute atomic E-state index is 0.00908. The van der Waals surface area contributed by atoms with Crippen molar-refractivity contribution in [1.29, 1.82) is 0 Å². The van der Waals surface area contributed by atoms with E-state index in [0.717, 1.165) is 4.90 Å². The van der Waals surface area contributed by atoms with E-state index in [2.05, 4.69) is 20.3 Å². The van der Waals surface area contributed by atoms with Crippen molar-refractivity contribution in [1.82, 2.24) is 29.9 Å². The van der Waals surface area contributed by atoms with Gasteiger partial charge in [0.05, 0.1) is 0 Å². The summed E-state index contributed by atoms with van der Waals surface area (Å²) >= 11 is 0. The molecule has 1 amide bonds. The lowest BCUT2D eigenvalue weighted by atomic mass is 10.3. The normalized spacial score (nSPS) is 15.8. The van der Waals surface area contributed by atoms with Crippen molar-refractivity contribution >= 4 is 11.7 Å². The number of alkyl halides is 3. The molecule has 0 unspecified atom stereocenters. The molecule has 1 fully saturated rings. The van der Waals surface area contributed by atoms with E-state index in [4.69, 9.17) is 0 Å². The van der Waals surface area contributed by atoms with Gasteiger partial charge in [-0.3, -0.25) is 4.79 Å². The van der Waals surface area contributed by atoms with Crippen LogP contribution in [0.15, 0.2) is 24.8 Å². The number of aromatic nitrogens is 5. The van der Waals surface area contributed by atoms with Crippen LogP contribution in [-0.4, -0.2) is 68.1 Å². The highest BCUT2D eigenvalue weighted by Crippen LogP contribution is 2.20. The van der Waals surface area contributed by atoms with E-state index in [-0.39, 0.29) is 26.2 Å². The molecule has 23 heavy (non-hydrogen) atoms. The van der Waals surface area contributed by atoms with Gasteiger partial charge in [0.15, 0.2) is 11.6 Å². The van der Waals surface area contributed by atoms with Gasteiger partial charge in [-0.25, -0.2) is 9.67 Å². The molecule has 2 aromatic rings. The molecule has 0 saturated carbocycles. The van der Waals surface area contributed by atoms with Gasteiger partial charge in [-0.15, -0.1) is 10.2 Å². The van der Waals surface area contributed by atoms with Crippen molar-refractivity contribution in [2.75, 3.05) is 31.1 Å². The molecule has 122 valence electrons. The second-order valence-corrected chi connectivity index (χ2v) is 4.87. The van der Waals surface area contributed by atoms with Crippen LogP contribution >= 0.6 is 0 Å². The summed E-state index contributed by atoms with van der Waals surface area (Å²) in [6.07, 6.45) is -1.99. The summed E-state index contributed by atoms with van der Waals surface area (Å²) in [4.78, 5) is 17.6. The predicted octanol–water partition coefficient (Wildman–Crippen LogP) is 0.268. The lowest BCUT2D eigenvalue weighted by Gasteiger charge is -2.35. The van der Waals surface area contributed by atoms with Crippen LogP contribution in [-0.2, 0) is 4.79 Å². The Morgan fingerprint density at radius 1 is 1.04 bits per heavy atom. The zero-order valence-corrected chi connectivity index (χ0v) is 11.8. The minimum Gasteiger partial charge on any atom is -0.352 e. The first-order valence-corrected chi connectivity index (χ1v) is 6.75. The topological polar surface area (TPSA) is 80.0 Å². The lowest BCUT2D eigenvalue weighted by Crippen LogP contribution is -2.52. The van der Waals surface area contributed by atoms with Gasteiger partial charge in [0.1, 0.15) is 12.7 Å². The summed E-state index contributed by atoms with van der Waals surface area (Å²) < 4.78 is 38.6. The van der Waals surface area contributed by atoms with Crippen molar-refractivity contribution in [3.05, 3.63) is 24.8 Å². The summed E-state index contributed by atoms with van der Waals surface area (Å²) in [6.45, 7) is 0.508. The number of carbonyl (C=O) groups excluding carboxylic acids is 1. The van der Waals surface area contributed by atoms with Gasteiger partial charge in [-0.05, 0) is 12.1 Å². The van der Waals surface area contributed by atoms with Crippen molar-refractivity contribution in [2.24, 2.45) is 0 Å². The van der Waals surface area contributed by atoms with E-state index in [0.29, 0.717) is 11.6 Å². The molecular weight excluding hydrogens is 315 g/mol. The monoisotopic (exact) mass is 327 g/mol. The van der Waals surface area contributed by atoms with E-state index in [1.807, 2.05) is 0 Å². The first kappa shape index (κ1) is 15.2. The molecule has 8 nitrogen and oxygen atoms in total. The zero-order chi connectivity index (χ0) is 16.4. The van der Waals surface area contributed by atoms with Crippen LogP contribution in [0, 0.1) is 0 Å². The molecule has 3 rings (SSSR count). The van der Waals surface area contributed by atoms with Crippen LogP contribution in [0.5, 0.6) is 0 Å². The Morgan fingerprint density at radius 3 is 2.22 bits per heavy atom. The van der Waals surface area contributed by atoms with Crippen LogP contribution in [0.3, 0.4) is 0 Å². The molecule has 0 bridgehead atoms. The zero-order valence-electron chi connectivity index (χ0n) is 11.8. The van der Waals surface area contributed by atoms with Crippen molar-refractivity contribution in [2.45, 2.75) is 6.18 Å². The highest BCUT2D eigenvalue weighted by Gasteiger charge is 2.43. The van der Waals surface area contributed by atoms with Gasteiger partial charge < -0.3 is 9.80 Å². The van der Waals surface area contributed by atoms with Gasteiger partial charge in [-0.1, -0.05) is 0 Å². The Bertz CT molecular complexity index is 663. The molecule has 0 N–H and O–H groups in total. The van der Waals surface area contributed by atoms with Crippen LogP contribution in [0.4, 0.5) is 19.0 Å². The van der Waals surface area contributed by atoms with E-state index < -0.39 is 12.1 Å². The fourth-order valence-electron chi connectivity index (χ4n) is 2.25. The van der Waals surface area contributed by atoms with Crippen molar-refractivity contribution in [3.8, 4) is 5.82 Å². The van der Waals surface area contributed by atoms with Gasteiger partial charge in [0, 0.05) is 26.2 Å². The SMILES string of the molecule is O=C(N1CCN(c2ccc(-n3cncn3)nn2)CC1)C(F)(F)F. The number of halogens is 3. The van der Waals surface area contributed by atoms with E-state index >= 15 is 0 Å². The van der Waals surface area contributed by atoms with Gasteiger partial charge in [0.25, 0.3) is 0 Å². The summed E-state index contributed by atoms with van der Waals surface area (Å²) in [5.41, 5.74) is 0. The fourth-order valence-corrected chi connectivity index (χ4v) is 2.25. The Balaban J connectivity index is 1.63. The number of anilines is 1. The molecule has 0 aromatic carbocycles. The second-order valence-electron chi connectivity index (χ2n) is 4.87.